The van der Waals surface area contributed by atoms with E-state index in [4.69, 9.17) is 0 Å². The van der Waals surface area contributed by atoms with Crippen molar-refractivity contribution in [2.45, 2.75) is 39.2 Å². The summed E-state index contributed by atoms with van der Waals surface area (Å²) in [6.07, 6.45) is 4.95. The quantitative estimate of drug-likeness (QED) is 0.804. The minimum atomic E-state index is 0.219. The normalized spacial score (nSPS) is 18.2. The highest BCUT2D eigenvalue weighted by molar-refractivity contribution is 7.17. The fraction of sp³-hybridized carbons (Fsp3) is 0.476. The molecule has 1 amide bonds. The average molecular weight is 355 g/mol. The van der Waals surface area contributed by atoms with Crippen molar-refractivity contribution in [3.05, 3.63) is 46.3 Å². The first kappa shape index (κ1) is 16.8. The van der Waals surface area contributed by atoms with E-state index in [0.717, 1.165) is 42.9 Å². The molecule has 0 radical (unpaired) electrons. The second-order valence-electron chi connectivity index (χ2n) is 7.30. The third-order valence-electron chi connectivity index (χ3n) is 5.35. The molecule has 132 valence electrons. The van der Waals surface area contributed by atoms with Crippen LogP contribution in [0.4, 0.5) is 0 Å². The summed E-state index contributed by atoms with van der Waals surface area (Å²) in [6.45, 7) is 7.41. The second-order valence-corrected chi connectivity index (χ2v) is 8.35. The maximum atomic E-state index is 12.7. The van der Waals surface area contributed by atoms with Gasteiger partial charge in [0.15, 0.2) is 0 Å². The predicted octanol–water partition coefficient (Wildman–Crippen LogP) is 4.56. The third kappa shape index (κ3) is 3.65. The molecular weight excluding hydrogens is 328 g/mol. The van der Waals surface area contributed by atoms with E-state index >= 15 is 0 Å². The lowest BCUT2D eigenvalue weighted by Crippen LogP contribution is -2.27. The number of aryl methyl sites for hydroxylation is 1. The first-order valence-electron chi connectivity index (χ1n) is 9.42. The molecule has 1 aromatic carbocycles. The molecule has 2 aromatic rings. The molecule has 0 saturated carbocycles. The zero-order valence-electron chi connectivity index (χ0n) is 15.0. The summed E-state index contributed by atoms with van der Waals surface area (Å²) in [5, 5.41) is 0. The summed E-state index contributed by atoms with van der Waals surface area (Å²) < 4.78 is 0. The van der Waals surface area contributed by atoms with Gasteiger partial charge in [0, 0.05) is 24.5 Å². The highest BCUT2D eigenvalue weighted by atomic mass is 32.1. The molecule has 4 rings (SSSR count). The largest absolute Gasteiger partial charge is 0.338 e. The Balaban J connectivity index is 1.49. The lowest BCUT2D eigenvalue weighted by molar-refractivity contribution is 0.0797. The number of rotatable bonds is 4. The van der Waals surface area contributed by atoms with Crippen LogP contribution < -0.4 is 0 Å². The molecular formula is C21H26N2OS. The van der Waals surface area contributed by atoms with Crippen LogP contribution in [-0.2, 0) is 6.54 Å². The van der Waals surface area contributed by atoms with E-state index in [9.17, 15) is 4.79 Å². The van der Waals surface area contributed by atoms with Crippen LogP contribution in [0.15, 0.2) is 30.3 Å². The lowest BCUT2D eigenvalue weighted by Gasteiger charge is -2.14. The highest BCUT2D eigenvalue weighted by Crippen LogP contribution is 2.33. The highest BCUT2D eigenvalue weighted by Gasteiger charge is 2.23. The molecule has 0 unspecified atom stereocenters. The van der Waals surface area contributed by atoms with Crippen molar-refractivity contribution in [3.8, 4) is 10.4 Å². The molecule has 2 aliphatic rings. The predicted molar refractivity (Wildman–Crippen MR) is 104 cm³/mol. The Hall–Kier alpha value is -1.65. The molecule has 2 aliphatic heterocycles. The Morgan fingerprint density at radius 3 is 2.32 bits per heavy atom. The van der Waals surface area contributed by atoms with E-state index in [0.29, 0.717) is 0 Å². The van der Waals surface area contributed by atoms with Gasteiger partial charge in [-0.15, -0.1) is 11.3 Å². The van der Waals surface area contributed by atoms with E-state index in [-0.39, 0.29) is 5.91 Å². The molecule has 3 nitrogen and oxygen atoms in total. The maximum Gasteiger partial charge on any atom is 0.264 e. The SMILES string of the molecule is Cc1cc(-c2ccc(CN3CCCC3)cc2)sc1C(=O)N1CCCC1. The zero-order valence-corrected chi connectivity index (χ0v) is 15.8. The monoisotopic (exact) mass is 354 g/mol. The van der Waals surface area contributed by atoms with Crippen molar-refractivity contribution in [2.24, 2.45) is 0 Å². The van der Waals surface area contributed by atoms with Crippen molar-refractivity contribution >= 4 is 17.2 Å². The summed E-state index contributed by atoms with van der Waals surface area (Å²) in [4.78, 5) is 19.3. The Labute approximate surface area is 154 Å². The first-order valence-corrected chi connectivity index (χ1v) is 10.2. The number of likely N-dealkylation sites (tertiary alicyclic amines) is 2. The third-order valence-corrected chi connectivity index (χ3v) is 6.62. The summed E-state index contributed by atoms with van der Waals surface area (Å²) in [6, 6.07) is 11.1. The van der Waals surface area contributed by atoms with Gasteiger partial charge in [0.25, 0.3) is 5.91 Å². The van der Waals surface area contributed by atoms with Gasteiger partial charge in [-0.25, -0.2) is 0 Å². The van der Waals surface area contributed by atoms with Gasteiger partial charge in [0.2, 0.25) is 0 Å². The van der Waals surface area contributed by atoms with Gasteiger partial charge >= 0.3 is 0 Å². The molecule has 2 saturated heterocycles. The molecule has 3 heterocycles. The van der Waals surface area contributed by atoms with Crippen LogP contribution >= 0.6 is 11.3 Å². The van der Waals surface area contributed by atoms with Crippen molar-refractivity contribution in [3.63, 3.8) is 0 Å². The summed E-state index contributed by atoms with van der Waals surface area (Å²) in [7, 11) is 0. The molecule has 25 heavy (non-hydrogen) atoms. The molecule has 4 heteroatoms. The molecule has 2 fully saturated rings. The van der Waals surface area contributed by atoms with Gasteiger partial charge in [0.1, 0.15) is 0 Å². The Morgan fingerprint density at radius 1 is 1.00 bits per heavy atom. The van der Waals surface area contributed by atoms with Gasteiger partial charge in [0.05, 0.1) is 4.88 Å². The van der Waals surface area contributed by atoms with Crippen molar-refractivity contribution in [2.75, 3.05) is 26.2 Å². The van der Waals surface area contributed by atoms with E-state index in [2.05, 4.69) is 42.2 Å². The van der Waals surface area contributed by atoms with Gasteiger partial charge in [-0.05, 0) is 68.5 Å². The Morgan fingerprint density at radius 2 is 1.64 bits per heavy atom. The molecule has 0 atom stereocenters. The number of carbonyl (C=O) groups is 1. The smallest absolute Gasteiger partial charge is 0.264 e. The van der Waals surface area contributed by atoms with Gasteiger partial charge < -0.3 is 4.90 Å². The number of amides is 1. The number of benzene rings is 1. The minimum absolute atomic E-state index is 0.219. The minimum Gasteiger partial charge on any atom is -0.338 e. The van der Waals surface area contributed by atoms with Crippen LogP contribution in [0.2, 0.25) is 0 Å². The van der Waals surface area contributed by atoms with Crippen LogP contribution in [0.3, 0.4) is 0 Å². The van der Waals surface area contributed by atoms with Gasteiger partial charge in [-0.3, -0.25) is 9.69 Å². The van der Waals surface area contributed by atoms with Gasteiger partial charge in [-0.1, -0.05) is 24.3 Å². The molecule has 1 aromatic heterocycles. The number of hydrogen-bond donors (Lipinski definition) is 0. The number of carbonyl (C=O) groups excluding carboxylic acids is 1. The lowest BCUT2D eigenvalue weighted by atomic mass is 10.1. The maximum absolute atomic E-state index is 12.7. The van der Waals surface area contributed by atoms with E-state index in [1.54, 1.807) is 11.3 Å². The van der Waals surface area contributed by atoms with Crippen molar-refractivity contribution in [1.82, 2.24) is 9.80 Å². The summed E-state index contributed by atoms with van der Waals surface area (Å²) in [5.74, 6) is 0.219. The fourth-order valence-corrected chi connectivity index (χ4v) is 5.02. The Bertz CT molecular complexity index is 738. The number of nitrogens with zero attached hydrogens (tertiary/aromatic N) is 2. The first-order chi connectivity index (χ1) is 12.2. The van der Waals surface area contributed by atoms with Crippen molar-refractivity contribution in [1.29, 1.82) is 0 Å². The Kier molecular flexibility index (Phi) is 4.91. The standard InChI is InChI=1S/C21H26N2OS/c1-16-14-19(25-20(16)21(24)23-12-4-5-13-23)18-8-6-17(7-9-18)15-22-10-2-3-11-22/h6-9,14H,2-5,10-13,15H2,1H3. The second kappa shape index (κ2) is 7.30. The number of hydrogen-bond acceptors (Lipinski definition) is 3. The van der Waals surface area contributed by atoms with Crippen LogP contribution in [0.5, 0.6) is 0 Å². The van der Waals surface area contributed by atoms with Crippen LogP contribution in [-0.4, -0.2) is 41.9 Å². The van der Waals surface area contributed by atoms with E-state index in [1.807, 2.05) is 4.90 Å². The topological polar surface area (TPSA) is 23.6 Å². The molecule has 0 N–H and O–H groups in total. The van der Waals surface area contributed by atoms with Crippen LogP contribution in [0.25, 0.3) is 10.4 Å². The number of thiophene rings is 1. The average Bonchev–Trinajstić information content (AvgIpc) is 3.37. The molecule has 0 spiro atoms. The van der Waals surface area contributed by atoms with Gasteiger partial charge in [-0.2, -0.15) is 0 Å². The molecule has 0 aliphatic carbocycles. The van der Waals surface area contributed by atoms with E-state index in [1.165, 1.54) is 41.9 Å². The van der Waals surface area contributed by atoms with Crippen molar-refractivity contribution < 1.29 is 4.79 Å². The van der Waals surface area contributed by atoms with E-state index < -0.39 is 0 Å². The fourth-order valence-electron chi connectivity index (χ4n) is 3.87. The molecule has 0 bridgehead atoms. The van der Waals surface area contributed by atoms with Crippen LogP contribution in [0.1, 0.15) is 46.5 Å². The summed E-state index contributed by atoms with van der Waals surface area (Å²) >= 11 is 1.64. The van der Waals surface area contributed by atoms with Crippen LogP contribution in [0, 0.1) is 6.92 Å². The zero-order chi connectivity index (χ0) is 17.2. The summed E-state index contributed by atoms with van der Waals surface area (Å²) in [5.41, 5.74) is 3.71.